The third-order valence-electron chi connectivity index (χ3n) is 5.55. The van der Waals surface area contributed by atoms with Gasteiger partial charge in [0, 0.05) is 18.5 Å². The number of hydrogen-bond acceptors (Lipinski definition) is 3. The Hall–Kier alpha value is -2.34. The molecule has 1 saturated heterocycles. The number of aliphatic imine (C=N–C) groups is 1. The summed E-state index contributed by atoms with van der Waals surface area (Å²) in [5, 5.41) is 0. The molecule has 0 aliphatic carbocycles. The van der Waals surface area contributed by atoms with Crippen LogP contribution in [0.2, 0.25) is 0 Å². The Labute approximate surface area is 157 Å². The van der Waals surface area contributed by atoms with Crippen LogP contribution in [-0.4, -0.2) is 37.8 Å². The minimum Gasteiger partial charge on any atom is -0.342 e. The van der Waals surface area contributed by atoms with Crippen molar-refractivity contribution in [2.75, 3.05) is 32.1 Å². The predicted molar refractivity (Wildman–Crippen MR) is 102 cm³/mol. The van der Waals surface area contributed by atoms with Gasteiger partial charge in [0.2, 0.25) is 0 Å². The molecule has 2 aliphatic rings. The molecule has 0 aromatic heterocycles. The highest BCUT2D eigenvalue weighted by Gasteiger charge is 2.33. The predicted octanol–water partition coefficient (Wildman–Crippen LogP) is 5.25. The van der Waals surface area contributed by atoms with Gasteiger partial charge in [-0.15, -0.1) is 0 Å². The van der Waals surface area contributed by atoms with Gasteiger partial charge < -0.3 is 9.80 Å². The summed E-state index contributed by atoms with van der Waals surface area (Å²) in [5.74, 6) is 0.247. The van der Waals surface area contributed by atoms with Crippen LogP contribution in [0.3, 0.4) is 0 Å². The normalized spacial score (nSPS) is 18.6. The van der Waals surface area contributed by atoms with E-state index >= 15 is 0 Å². The van der Waals surface area contributed by atoms with Crippen molar-refractivity contribution in [3.8, 4) is 0 Å². The Bertz CT molecular complexity index is 880. The van der Waals surface area contributed by atoms with Crippen molar-refractivity contribution >= 4 is 22.8 Å². The lowest BCUT2D eigenvalue weighted by Crippen LogP contribution is -2.34. The van der Waals surface area contributed by atoms with E-state index in [-0.39, 0.29) is 5.92 Å². The smallest absolute Gasteiger partial charge is 0.342 e. The second kappa shape index (κ2) is 6.68. The van der Waals surface area contributed by atoms with Crippen LogP contribution in [0.4, 0.5) is 30.2 Å². The number of para-hydroxylation sites is 1. The van der Waals surface area contributed by atoms with Gasteiger partial charge in [0.05, 0.1) is 28.3 Å². The largest absolute Gasteiger partial charge is 0.416 e. The highest BCUT2D eigenvalue weighted by Crippen LogP contribution is 2.43. The molecule has 0 atom stereocenters. The van der Waals surface area contributed by atoms with Gasteiger partial charge in [0.25, 0.3) is 0 Å². The monoisotopic (exact) mass is 373 g/mol. The molecule has 0 radical (unpaired) electrons. The molecule has 0 spiro atoms. The van der Waals surface area contributed by atoms with Crippen molar-refractivity contribution in [2.24, 2.45) is 10.9 Å². The van der Waals surface area contributed by atoms with E-state index in [1.807, 2.05) is 36.2 Å². The Morgan fingerprint density at radius 3 is 2.37 bits per heavy atom. The van der Waals surface area contributed by atoms with Crippen LogP contribution in [-0.2, 0) is 6.18 Å². The number of halogens is 3. The zero-order valence-corrected chi connectivity index (χ0v) is 15.4. The van der Waals surface area contributed by atoms with E-state index in [1.54, 1.807) is 0 Å². The van der Waals surface area contributed by atoms with E-state index in [0.717, 1.165) is 49.0 Å². The SMILES string of the molecule is CN1CCC(C2=Nc3cc(C(F)(F)F)ccc3N(C)c3ccccc32)CC1. The third kappa shape index (κ3) is 3.34. The molecule has 27 heavy (non-hydrogen) atoms. The fraction of sp³-hybridized carbons (Fsp3) is 0.381. The Morgan fingerprint density at radius 1 is 0.963 bits per heavy atom. The second-order valence-electron chi connectivity index (χ2n) is 7.35. The summed E-state index contributed by atoms with van der Waals surface area (Å²) < 4.78 is 39.7. The van der Waals surface area contributed by atoms with Gasteiger partial charge in [-0.05, 0) is 57.2 Å². The summed E-state index contributed by atoms with van der Waals surface area (Å²) in [6, 6.07) is 11.8. The van der Waals surface area contributed by atoms with Gasteiger partial charge in [0.1, 0.15) is 0 Å². The summed E-state index contributed by atoms with van der Waals surface area (Å²) in [6.45, 7) is 1.94. The maximum atomic E-state index is 13.2. The minimum absolute atomic E-state index is 0.247. The summed E-state index contributed by atoms with van der Waals surface area (Å²) in [5.41, 5.74) is 3.32. The highest BCUT2D eigenvalue weighted by molar-refractivity contribution is 6.10. The second-order valence-corrected chi connectivity index (χ2v) is 7.35. The number of piperidine rings is 1. The molecule has 6 heteroatoms. The first-order valence-electron chi connectivity index (χ1n) is 9.16. The van der Waals surface area contributed by atoms with E-state index in [4.69, 9.17) is 4.99 Å². The number of nitrogens with zero attached hydrogens (tertiary/aromatic N) is 3. The van der Waals surface area contributed by atoms with Gasteiger partial charge in [-0.1, -0.05) is 18.2 Å². The van der Waals surface area contributed by atoms with Crippen LogP contribution in [0.25, 0.3) is 0 Å². The molecular weight excluding hydrogens is 351 g/mol. The maximum absolute atomic E-state index is 13.2. The number of anilines is 2. The molecule has 0 amide bonds. The molecular formula is C21H22F3N3. The first-order valence-corrected chi connectivity index (χ1v) is 9.16. The molecule has 2 heterocycles. The molecule has 1 fully saturated rings. The summed E-state index contributed by atoms with van der Waals surface area (Å²) >= 11 is 0. The molecule has 2 aromatic rings. The molecule has 142 valence electrons. The van der Waals surface area contributed by atoms with E-state index in [9.17, 15) is 13.2 Å². The first kappa shape index (κ1) is 18.0. The van der Waals surface area contributed by atoms with Crippen LogP contribution in [0.1, 0.15) is 24.0 Å². The summed E-state index contributed by atoms with van der Waals surface area (Å²) in [6.07, 6.45) is -2.46. The molecule has 2 aromatic carbocycles. The number of alkyl halides is 3. The molecule has 3 nitrogen and oxygen atoms in total. The number of likely N-dealkylation sites (tertiary alicyclic amines) is 1. The number of fused-ring (bicyclic) bond motifs is 2. The molecule has 0 unspecified atom stereocenters. The quantitative estimate of drug-likeness (QED) is 0.680. The van der Waals surface area contributed by atoms with Crippen LogP contribution < -0.4 is 4.90 Å². The molecule has 4 rings (SSSR count). The summed E-state index contributed by atoms with van der Waals surface area (Å²) in [4.78, 5) is 9.03. The van der Waals surface area contributed by atoms with Crippen molar-refractivity contribution < 1.29 is 13.2 Å². The van der Waals surface area contributed by atoms with E-state index in [1.165, 1.54) is 12.1 Å². The van der Waals surface area contributed by atoms with E-state index < -0.39 is 11.7 Å². The average molecular weight is 373 g/mol. The fourth-order valence-corrected chi connectivity index (χ4v) is 3.97. The van der Waals surface area contributed by atoms with Gasteiger partial charge in [-0.2, -0.15) is 13.2 Å². The Kier molecular flexibility index (Phi) is 4.46. The van der Waals surface area contributed by atoms with E-state index in [0.29, 0.717) is 11.4 Å². The lowest BCUT2D eigenvalue weighted by molar-refractivity contribution is -0.137. The molecule has 2 aliphatic heterocycles. The zero-order valence-electron chi connectivity index (χ0n) is 15.4. The Morgan fingerprint density at radius 2 is 1.67 bits per heavy atom. The maximum Gasteiger partial charge on any atom is 0.416 e. The van der Waals surface area contributed by atoms with Gasteiger partial charge in [0.15, 0.2) is 0 Å². The van der Waals surface area contributed by atoms with E-state index in [2.05, 4.69) is 11.9 Å². The van der Waals surface area contributed by atoms with Crippen LogP contribution in [0.5, 0.6) is 0 Å². The highest BCUT2D eigenvalue weighted by atomic mass is 19.4. The van der Waals surface area contributed by atoms with Crippen LogP contribution in [0, 0.1) is 5.92 Å². The van der Waals surface area contributed by atoms with Crippen molar-refractivity contribution in [1.29, 1.82) is 0 Å². The zero-order chi connectivity index (χ0) is 19.2. The van der Waals surface area contributed by atoms with Crippen molar-refractivity contribution in [3.63, 3.8) is 0 Å². The van der Waals surface area contributed by atoms with Crippen LogP contribution >= 0.6 is 0 Å². The van der Waals surface area contributed by atoms with Crippen molar-refractivity contribution in [1.82, 2.24) is 4.90 Å². The lowest BCUT2D eigenvalue weighted by Gasteiger charge is -2.30. The topological polar surface area (TPSA) is 18.8 Å². The minimum atomic E-state index is -4.38. The molecule has 0 saturated carbocycles. The third-order valence-corrected chi connectivity index (χ3v) is 5.55. The standard InChI is InChI=1S/C21H22F3N3/c1-26-11-9-14(10-12-26)20-16-5-3-4-6-18(16)27(2)19-8-7-15(21(22,23)24)13-17(19)25-20/h3-8,13-14H,9-12H2,1-2H3. The molecule has 0 bridgehead atoms. The fourth-order valence-electron chi connectivity index (χ4n) is 3.97. The first-order chi connectivity index (χ1) is 12.8. The van der Waals surface area contributed by atoms with Crippen molar-refractivity contribution in [3.05, 3.63) is 53.6 Å². The molecule has 0 N–H and O–H groups in total. The average Bonchev–Trinajstić information content (AvgIpc) is 2.77. The number of rotatable bonds is 1. The van der Waals surface area contributed by atoms with Crippen LogP contribution in [0.15, 0.2) is 47.5 Å². The van der Waals surface area contributed by atoms with Crippen molar-refractivity contribution in [2.45, 2.75) is 19.0 Å². The lowest BCUT2D eigenvalue weighted by atomic mass is 9.87. The van der Waals surface area contributed by atoms with Gasteiger partial charge >= 0.3 is 6.18 Å². The number of hydrogen-bond donors (Lipinski definition) is 0. The summed E-state index contributed by atoms with van der Waals surface area (Å²) in [7, 11) is 3.98. The number of benzene rings is 2. The Balaban J connectivity index is 1.88. The van der Waals surface area contributed by atoms with Gasteiger partial charge in [-0.25, -0.2) is 0 Å². The van der Waals surface area contributed by atoms with Gasteiger partial charge in [-0.3, -0.25) is 4.99 Å².